The molecule has 0 aromatic heterocycles. The van der Waals surface area contributed by atoms with E-state index in [1.54, 1.807) is 12.1 Å². The smallest absolute Gasteiger partial charge is 0.387 e. The minimum Gasteiger partial charge on any atom is -0.433 e. The Morgan fingerprint density at radius 1 is 1.42 bits per heavy atom. The van der Waals surface area contributed by atoms with Gasteiger partial charge >= 0.3 is 6.59 Å². The molecule has 3 heterocycles. The SMILES string of the molecule is [2H]C(F)(F)Oc1cc(N2CC3CC(C2)N3C)ccc1N. The van der Waals surface area contributed by atoms with Gasteiger partial charge in [0.05, 0.1) is 5.69 Å². The fourth-order valence-electron chi connectivity index (χ4n) is 2.90. The minimum absolute atomic E-state index is 0.111. The molecule has 3 saturated heterocycles. The Balaban J connectivity index is 1.79. The van der Waals surface area contributed by atoms with E-state index in [1.807, 2.05) is 0 Å². The topological polar surface area (TPSA) is 41.7 Å². The van der Waals surface area contributed by atoms with Gasteiger partial charge in [0.15, 0.2) is 7.12 Å². The molecule has 2 unspecified atom stereocenters. The van der Waals surface area contributed by atoms with Crippen LogP contribution in [-0.2, 0) is 0 Å². The highest BCUT2D eigenvalue weighted by Crippen LogP contribution is 2.35. The van der Waals surface area contributed by atoms with Crippen molar-refractivity contribution >= 4 is 11.4 Å². The van der Waals surface area contributed by atoms with E-state index in [-0.39, 0.29) is 11.4 Å². The Labute approximate surface area is 112 Å². The molecule has 19 heavy (non-hydrogen) atoms. The Morgan fingerprint density at radius 2 is 2.11 bits per heavy atom. The number of halogens is 2. The van der Waals surface area contributed by atoms with Crippen molar-refractivity contribution in [3.63, 3.8) is 0 Å². The molecule has 0 aliphatic carbocycles. The van der Waals surface area contributed by atoms with Crippen LogP contribution in [0.5, 0.6) is 5.75 Å². The number of nitrogens with two attached hydrogens (primary N) is 1. The number of ether oxygens (including phenoxy) is 1. The predicted octanol–water partition coefficient (Wildman–Crippen LogP) is 1.76. The molecule has 0 radical (unpaired) electrons. The van der Waals surface area contributed by atoms with Crippen LogP contribution in [0.2, 0.25) is 0 Å². The molecular formula is C13H17F2N3O. The van der Waals surface area contributed by atoms with Crippen LogP contribution in [0.1, 0.15) is 7.79 Å². The van der Waals surface area contributed by atoms with Crippen LogP contribution in [0.3, 0.4) is 0 Å². The van der Waals surface area contributed by atoms with E-state index in [1.165, 1.54) is 12.5 Å². The fraction of sp³-hybridized carbons (Fsp3) is 0.538. The van der Waals surface area contributed by atoms with E-state index in [4.69, 9.17) is 7.10 Å². The number of alkyl halides is 2. The second-order valence-corrected chi connectivity index (χ2v) is 5.16. The van der Waals surface area contributed by atoms with Gasteiger partial charge in [0.1, 0.15) is 0 Å². The highest BCUT2D eigenvalue weighted by Gasteiger charge is 2.42. The average Bonchev–Trinajstić information content (AvgIpc) is 2.39. The van der Waals surface area contributed by atoms with Gasteiger partial charge in [-0.2, -0.15) is 8.78 Å². The molecule has 0 saturated carbocycles. The lowest BCUT2D eigenvalue weighted by molar-refractivity contribution is -0.0493. The van der Waals surface area contributed by atoms with Crippen molar-refractivity contribution in [1.82, 2.24) is 4.90 Å². The second-order valence-electron chi connectivity index (χ2n) is 5.16. The van der Waals surface area contributed by atoms with Gasteiger partial charge in [0, 0.05) is 36.9 Å². The number of nitrogen functional groups attached to an aromatic ring is 1. The fourth-order valence-corrected chi connectivity index (χ4v) is 2.90. The van der Waals surface area contributed by atoms with Gasteiger partial charge in [0.2, 0.25) is 0 Å². The molecule has 1 aromatic carbocycles. The summed E-state index contributed by atoms with van der Waals surface area (Å²) in [5.74, 6) is -0.143. The van der Waals surface area contributed by atoms with Gasteiger partial charge in [-0.1, -0.05) is 0 Å². The summed E-state index contributed by atoms with van der Waals surface area (Å²) in [4.78, 5) is 4.48. The lowest BCUT2D eigenvalue weighted by Crippen LogP contribution is -2.67. The predicted molar refractivity (Wildman–Crippen MR) is 69.7 cm³/mol. The van der Waals surface area contributed by atoms with Gasteiger partial charge in [0.25, 0.3) is 0 Å². The molecule has 4 nitrogen and oxygen atoms in total. The Bertz CT molecular complexity index is 511. The van der Waals surface area contributed by atoms with Crippen LogP contribution < -0.4 is 15.4 Å². The summed E-state index contributed by atoms with van der Waals surface area (Å²) in [6, 6.07) is 5.87. The number of hydrogen-bond donors (Lipinski definition) is 1. The first-order valence-corrected chi connectivity index (χ1v) is 6.27. The number of rotatable bonds is 3. The van der Waals surface area contributed by atoms with E-state index in [9.17, 15) is 8.78 Å². The van der Waals surface area contributed by atoms with Crippen molar-refractivity contribution in [2.45, 2.75) is 25.1 Å². The molecule has 2 N–H and O–H groups in total. The van der Waals surface area contributed by atoms with Gasteiger partial charge in [-0.25, -0.2) is 0 Å². The Kier molecular flexibility index (Phi) is 2.69. The molecule has 4 rings (SSSR count). The summed E-state index contributed by atoms with van der Waals surface area (Å²) in [5.41, 5.74) is 6.53. The summed E-state index contributed by atoms with van der Waals surface area (Å²) in [5, 5.41) is 0. The maximum absolute atomic E-state index is 12.7. The van der Waals surface area contributed by atoms with Gasteiger partial charge in [-0.15, -0.1) is 0 Å². The zero-order valence-corrected chi connectivity index (χ0v) is 10.6. The number of benzene rings is 1. The van der Waals surface area contributed by atoms with Gasteiger partial charge < -0.3 is 15.4 Å². The first-order valence-electron chi connectivity index (χ1n) is 6.77. The molecule has 104 valence electrons. The van der Waals surface area contributed by atoms with Crippen LogP contribution in [0.15, 0.2) is 18.2 Å². The summed E-state index contributed by atoms with van der Waals surface area (Å²) >= 11 is 0. The first kappa shape index (κ1) is 11.3. The number of hydrogen-bond acceptors (Lipinski definition) is 4. The Morgan fingerprint density at radius 3 is 2.68 bits per heavy atom. The summed E-state index contributed by atoms with van der Waals surface area (Å²) < 4.78 is 36.1. The number of anilines is 2. The molecule has 6 heteroatoms. The largest absolute Gasteiger partial charge is 0.433 e. The molecule has 2 atom stereocenters. The molecule has 3 aliphatic heterocycles. The van der Waals surface area contributed by atoms with Gasteiger partial charge in [-0.3, -0.25) is 4.90 Å². The number of likely N-dealkylation sites (N-methyl/N-ethyl adjacent to an activating group) is 1. The summed E-state index contributed by atoms with van der Waals surface area (Å²) in [6.45, 7) is -2.24. The van der Waals surface area contributed by atoms with E-state index < -0.39 is 6.59 Å². The summed E-state index contributed by atoms with van der Waals surface area (Å²) in [7, 11) is 2.11. The average molecular weight is 270 g/mol. The van der Waals surface area contributed by atoms with Gasteiger partial charge in [-0.05, 0) is 25.6 Å². The monoisotopic (exact) mass is 270 g/mol. The lowest BCUT2D eigenvalue weighted by Gasteiger charge is -2.55. The second kappa shape index (κ2) is 4.52. The molecule has 0 spiro atoms. The zero-order chi connectivity index (χ0) is 14.5. The maximum atomic E-state index is 12.7. The van der Waals surface area contributed by atoms with Crippen molar-refractivity contribution in [2.24, 2.45) is 0 Å². The van der Waals surface area contributed by atoms with Crippen molar-refractivity contribution in [3.05, 3.63) is 18.2 Å². The number of piperidine rings is 1. The van der Waals surface area contributed by atoms with Crippen molar-refractivity contribution in [1.29, 1.82) is 0 Å². The standard InChI is InChI=1S/C13H17F2N3O/c1-17-9-4-10(17)7-18(6-9)8-2-3-11(16)12(5-8)19-13(14)15/h2-3,5,9-10,13H,4,6-7,16H2,1H3/i13D. The van der Waals surface area contributed by atoms with Crippen LogP contribution in [0, 0.1) is 0 Å². The third-order valence-corrected chi connectivity index (χ3v) is 4.11. The molecule has 3 aliphatic rings. The normalized spacial score (nSPS) is 27.7. The quantitative estimate of drug-likeness (QED) is 0.850. The number of fused-ring (bicyclic) bond motifs is 2. The molecule has 1 aromatic rings. The maximum Gasteiger partial charge on any atom is 0.387 e. The van der Waals surface area contributed by atoms with Crippen molar-refractivity contribution in [3.8, 4) is 5.75 Å². The minimum atomic E-state index is -3.98. The van der Waals surface area contributed by atoms with E-state index in [2.05, 4.69) is 21.6 Å². The van der Waals surface area contributed by atoms with E-state index in [0.717, 1.165) is 18.8 Å². The van der Waals surface area contributed by atoms with Crippen molar-refractivity contribution < 1.29 is 14.9 Å². The van der Waals surface area contributed by atoms with E-state index >= 15 is 0 Å². The zero-order valence-electron chi connectivity index (χ0n) is 11.6. The summed E-state index contributed by atoms with van der Waals surface area (Å²) in [6.07, 6.45) is 1.19. The highest BCUT2D eigenvalue weighted by atomic mass is 19.3. The van der Waals surface area contributed by atoms with Crippen LogP contribution in [0.4, 0.5) is 20.2 Å². The number of piperazine rings is 1. The van der Waals surface area contributed by atoms with Crippen LogP contribution in [-0.4, -0.2) is 43.7 Å². The third kappa shape index (κ3) is 2.20. The van der Waals surface area contributed by atoms with Crippen LogP contribution in [0.25, 0.3) is 0 Å². The Hall–Kier alpha value is -1.56. The molecule has 2 bridgehead atoms. The molecule has 3 fully saturated rings. The molecular weight excluding hydrogens is 252 g/mol. The lowest BCUT2D eigenvalue weighted by atomic mass is 9.88. The van der Waals surface area contributed by atoms with Crippen molar-refractivity contribution in [2.75, 3.05) is 30.8 Å². The highest BCUT2D eigenvalue weighted by molar-refractivity contribution is 5.63. The molecule has 0 amide bonds. The van der Waals surface area contributed by atoms with E-state index in [0.29, 0.717) is 12.1 Å². The first-order chi connectivity index (χ1) is 9.33. The third-order valence-electron chi connectivity index (χ3n) is 4.11. The number of nitrogens with zero attached hydrogens (tertiary/aromatic N) is 2. The van der Waals surface area contributed by atoms with Crippen LogP contribution >= 0.6 is 0 Å².